The molecular weight excluding hydrogens is 357 g/mol. The fourth-order valence-corrected chi connectivity index (χ4v) is 3.45. The van der Waals surface area contributed by atoms with Gasteiger partial charge in [-0.15, -0.1) is 0 Å². The van der Waals surface area contributed by atoms with Crippen LogP contribution in [0.2, 0.25) is 0 Å². The minimum absolute atomic E-state index is 0.0403. The molecule has 0 unspecified atom stereocenters. The smallest absolute Gasteiger partial charge is 0.416 e. The molecule has 0 saturated heterocycles. The van der Waals surface area contributed by atoms with Crippen molar-refractivity contribution >= 4 is 16.9 Å². The average molecular weight is 374 g/mol. The van der Waals surface area contributed by atoms with Crippen LogP contribution in [0.4, 0.5) is 13.2 Å². The van der Waals surface area contributed by atoms with Gasteiger partial charge in [0.05, 0.1) is 29.8 Å². The first-order valence-corrected chi connectivity index (χ1v) is 8.69. The number of carbonyl (C=O) groups excluding carboxylic acids is 1. The molecule has 4 rings (SSSR count). The van der Waals surface area contributed by atoms with E-state index in [1.807, 2.05) is 12.1 Å². The molecule has 1 heterocycles. The number of fused-ring (bicyclic) bond motifs is 1. The number of benzene rings is 2. The summed E-state index contributed by atoms with van der Waals surface area (Å²) in [5, 5.41) is 7.90. The molecule has 0 spiro atoms. The molecule has 3 aromatic rings. The number of esters is 1. The molecule has 0 aliphatic heterocycles. The van der Waals surface area contributed by atoms with Crippen LogP contribution in [0.25, 0.3) is 22.0 Å². The lowest BCUT2D eigenvalue weighted by Crippen LogP contribution is -2.07. The Hall–Kier alpha value is -2.83. The molecule has 1 fully saturated rings. The zero-order chi connectivity index (χ0) is 19.2. The molecule has 140 valence electrons. The Morgan fingerprint density at radius 3 is 2.63 bits per heavy atom. The molecule has 0 bridgehead atoms. The van der Waals surface area contributed by atoms with E-state index < -0.39 is 11.7 Å². The lowest BCUT2D eigenvalue weighted by Gasteiger charge is -2.10. The molecule has 0 amide bonds. The maximum atomic E-state index is 12.8. The van der Waals surface area contributed by atoms with E-state index in [4.69, 9.17) is 4.74 Å². The minimum atomic E-state index is -4.36. The van der Waals surface area contributed by atoms with Gasteiger partial charge in [0.2, 0.25) is 0 Å². The quantitative estimate of drug-likeness (QED) is 0.660. The molecule has 0 radical (unpaired) electrons. The highest BCUT2D eigenvalue weighted by Crippen LogP contribution is 2.50. The zero-order valence-corrected chi connectivity index (χ0v) is 14.5. The normalized spacial score (nSPS) is 19.3. The molecule has 2 aromatic carbocycles. The van der Waals surface area contributed by atoms with Crippen molar-refractivity contribution in [3.05, 3.63) is 53.7 Å². The number of nitrogens with one attached hydrogen (secondary N) is 1. The number of rotatable bonds is 4. The molecule has 1 aromatic heterocycles. The molecule has 7 heteroatoms. The van der Waals surface area contributed by atoms with Crippen LogP contribution < -0.4 is 0 Å². The topological polar surface area (TPSA) is 55.0 Å². The number of aromatic amines is 1. The van der Waals surface area contributed by atoms with Crippen LogP contribution in [0.3, 0.4) is 0 Å². The Labute approximate surface area is 153 Å². The lowest BCUT2D eigenvalue weighted by atomic mass is 9.96. The highest BCUT2D eigenvalue weighted by Gasteiger charge is 2.46. The molecule has 2 atom stereocenters. The predicted octanol–water partition coefficient (Wildman–Crippen LogP) is 4.92. The predicted molar refractivity (Wildman–Crippen MR) is 94.0 cm³/mol. The van der Waals surface area contributed by atoms with Crippen molar-refractivity contribution in [1.82, 2.24) is 10.2 Å². The van der Waals surface area contributed by atoms with Crippen LogP contribution >= 0.6 is 0 Å². The Balaban J connectivity index is 1.70. The first kappa shape index (κ1) is 17.6. The van der Waals surface area contributed by atoms with E-state index in [-0.39, 0.29) is 17.8 Å². The second kappa shape index (κ2) is 6.40. The summed E-state index contributed by atoms with van der Waals surface area (Å²) in [6, 6.07) is 8.86. The zero-order valence-electron chi connectivity index (χ0n) is 14.5. The highest BCUT2D eigenvalue weighted by molar-refractivity contribution is 5.89. The summed E-state index contributed by atoms with van der Waals surface area (Å²) in [5.74, 6) is -0.344. The van der Waals surface area contributed by atoms with Gasteiger partial charge in [-0.3, -0.25) is 9.89 Å². The maximum absolute atomic E-state index is 12.8. The summed E-state index contributed by atoms with van der Waals surface area (Å²) in [6.45, 7) is 2.11. The number of aromatic nitrogens is 2. The number of hydrogen-bond acceptors (Lipinski definition) is 3. The summed E-state index contributed by atoms with van der Waals surface area (Å²) in [5.41, 5.74) is 2.53. The summed E-state index contributed by atoms with van der Waals surface area (Å²) in [4.78, 5) is 12.0. The Morgan fingerprint density at radius 2 is 1.96 bits per heavy atom. The number of alkyl halides is 3. The summed E-state index contributed by atoms with van der Waals surface area (Å²) >= 11 is 0. The van der Waals surface area contributed by atoms with Gasteiger partial charge in [-0.05, 0) is 54.2 Å². The van der Waals surface area contributed by atoms with E-state index in [1.165, 1.54) is 12.1 Å². The van der Waals surface area contributed by atoms with Gasteiger partial charge in [-0.2, -0.15) is 18.3 Å². The van der Waals surface area contributed by atoms with Crippen molar-refractivity contribution in [2.75, 3.05) is 6.61 Å². The first-order valence-electron chi connectivity index (χ1n) is 8.69. The van der Waals surface area contributed by atoms with Crippen molar-refractivity contribution in [3.63, 3.8) is 0 Å². The van der Waals surface area contributed by atoms with E-state index in [1.54, 1.807) is 13.1 Å². The fourth-order valence-electron chi connectivity index (χ4n) is 3.45. The third kappa shape index (κ3) is 3.29. The van der Waals surface area contributed by atoms with Crippen LogP contribution in [0.5, 0.6) is 0 Å². The van der Waals surface area contributed by atoms with E-state index >= 15 is 0 Å². The fraction of sp³-hybridized carbons (Fsp3) is 0.300. The molecule has 27 heavy (non-hydrogen) atoms. The number of hydrogen-bond donors (Lipinski definition) is 1. The molecule has 1 saturated carbocycles. The summed E-state index contributed by atoms with van der Waals surface area (Å²) < 4.78 is 43.5. The monoisotopic (exact) mass is 374 g/mol. The van der Waals surface area contributed by atoms with E-state index in [0.29, 0.717) is 18.6 Å². The number of carbonyl (C=O) groups is 1. The standard InChI is InChI=1S/C20H17F3N2O2/c1-2-27-19(26)16-9-15(16)14-7-12(8-18-17(14)10-24-25-18)11-3-5-13(6-4-11)20(21,22)23/h3-8,10,15-16H,2,9H2,1H3,(H,24,25)/t15-,16-/m1/s1. The van der Waals surface area contributed by atoms with Gasteiger partial charge in [-0.25, -0.2) is 0 Å². The minimum Gasteiger partial charge on any atom is -0.466 e. The number of ether oxygens (including phenoxy) is 1. The van der Waals surface area contributed by atoms with E-state index in [2.05, 4.69) is 10.2 Å². The number of H-pyrrole nitrogens is 1. The van der Waals surface area contributed by atoms with Gasteiger partial charge in [0, 0.05) is 5.39 Å². The van der Waals surface area contributed by atoms with Crippen molar-refractivity contribution in [3.8, 4) is 11.1 Å². The van der Waals surface area contributed by atoms with Gasteiger partial charge < -0.3 is 4.74 Å². The third-order valence-corrected chi connectivity index (χ3v) is 4.92. The third-order valence-electron chi connectivity index (χ3n) is 4.92. The highest BCUT2D eigenvalue weighted by atomic mass is 19.4. The number of halogens is 3. The lowest BCUT2D eigenvalue weighted by molar-refractivity contribution is -0.144. The molecular formula is C20H17F3N2O2. The van der Waals surface area contributed by atoms with Crippen LogP contribution in [-0.2, 0) is 15.7 Å². The van der Waals surface area contributed by atoms with Crippen LogP contribution in [0, 0.1) is 5.92 Å². The van der Waals surface area contributed by atoms with Crippen molar-refractivity contribution < 1.29 is 22.7 Å². The van der Waals surface area contributed by atoms with Gasteiger partial charge in [-0.1, -0.05) is 18.2 Å². The van der Waals surface area contributed by atoms with Gasteiger partial charge in [0.15, 0.2) is 0 Å². The largest absolute Gasteiger partial charge is 0.466 e. The summed E-state index contributed by atoms with van der Waals surface area (Å²) in [7, 11) is 0. The summed E-state index contributed by atoms with van der Waals surface area (Å²) in [6.07, 6.45) is -1.95. The van der Waals surface area contributed by atoms with Crippen LogP contribution in [-0.4, -0.2) is 22.8 Å². The van der Waals surface area contributed by atoms with E-state index in [0.717, 1.165) is 34.2 Å². The second-order valence-corrected chi connectivity index (χ2v) is 6.67. The van der Waals surface area contributed by atoms with E-state index in [9.17, 15) is 18.0 Å². The van der Waals surface area contributed by atoms with Crippen molar-refractivity contribution in [2.45, 2.75) is 25.4 Å². The maximum Gasteiger partial charge on any atom is 0.416 e. The SMILES string of the molecule is CCOC(=O)[C@@H]1C[C@@H]1c1cc(-c2ccc(C(F)(F)F)cc2)cc2[nH]ncc12. The Bertz CT molecular complexity index is 993. The van der Waals surface area contributed by atoms with Crippen LogP contribution in [0.1, 0.15) is 30.4 Å². The van der Waals surface area contributed by atoms with Gasteiger partial charge in [0.25, 0.3) is 0 Å². The Kier molecular flexibility index (Phi) is 4.17. The molecule has 1 aliphatic carbocycles. The van der Waals surface area contributed by atoms with Crippen LogP contribution in [0.15, 0.2) is 42.6 Å². The van der Waals surface area contributed by atoms with Crippen molar-refractivity contribution in [2.24, 2.45) is 5.92 Å². The average Bonchev–Trinajstić information content (AvgIpc) is 3.29. The Morgan fingerprint density at radius 1 is 1.22 bits per heavy atom. The molecule has 1 N–H and O–H groups in total. The number of nitrogens with zero attached hydrogens (tertiary/aromatic N) is 1. The van der Waals surface area contributed by atoms with Crippen molar-refractivity contribution in [1.29, 1.82) is 0 Å². The molecule has 4 nitrogen and oxygen atoms in total. The first-order chi connectivity index (χ1) is 12.9. The molecule has 1 aliphatic rings. The second-order valence-electron chi connectivity index (χ2n) is 6.67. The van der Waals surface area contributed by atoms with Gasteiger partial charge >= 0.3 is 12.1 Å². The van der Waals surface area contributed by atoms with Gasteiger partial charge in [0.1, 0.15) is 0 Å².